The van der Waals surface area contributed by atoms with Crippen LogP contribution in [0, 0.1) is 0 Å². The van der Waals surface area contributed by atoms with Crippen molar-refractivity contribution in [2.45, 2.75) is 19.6 Å². The molecule has 0 spiro atoms. The van der Waals surface area contributed by atoms with Crippen molar-refractivity contribution in [2.75, 3.05) is 19.0 Å². The fraction of sp³-hybridized carbons (Fsp3) is 0.227. The third-order valence-electron chi connectivity index (χ3n) is 4.94. The molecule has 0 aliphatic carbocycles. The van der Waals surface area contributed by atoms with Gasteiger partial charge in [0.05, 0.1) is 19.5 Å². The molecule has 10 heteroatoms. The molecule has 0 radical (unpaired) electrons. The third-order valence-corrected chi connectivity index (χ3v) is 4.94. The summed E-state index contributed by atoms with van der Waals surface area (Å²) in [6, 6.07) is 14.4. The summed E-state index contributed by atoms with van der Waals surface area (Å²) in [6.07, 6.45) is 3.04. The predicted octanol–water partition coefficient (Wildman–Crippen LogP) is 1.09. The number of nitrogens with zero attached hydrogens (tertiary/aromatic N) is 5. The van der Waals surface area contributed by atoms with Gasteiger partial charge in [0.2, 0.25) is 5.91 Å². The Balaban J connectivity index is 1.79. The number of fused-ring (bicyclic) bond motifs is 1. The molecule has 1 amide bonds. The van der Waals surface area contributed by atoms with Gasteiger partial charge < -0.3 is 14.6 Å². The van der Waals surface area contributed by atoms with Crippen LogP contribution in [0.4, 0.5) is 5.82 Å². The van der Waals surface area contributed by atoms with Crippen LogP contribution in [0.2, 0.25) is 0 Å². The summed E-state index contributed by atoms with van der Waals surface area (Å²) in [5, 5.41) is 2.60. The minimum absolute atomic E-state index is 0.208. The normalized spacial score (nSPS) is 11.0. The van der Waals surface area contributed by atoms with Crippen LogP contribution in [-0.4, -0.2) is 43.3 Å². The molecule has 0 unspecified atom stereocenters. The highest BCUT2D eigenvalue weighted by Crippen LogP contribution is 2.10. The van der Waals surface area contributed by atoms with Gasteiger partial charge >= 0.3 is 5.69 Å². The molecule has 10 nitrogen and oxygen atoms in total. The van der Waals surface area contributed by atoms with Gasteiger partial charge in [-0.3, -0.25) is 14.2 Å². The van der Waals surface area contributed by atoms with Crippen molar-refractivity contribution in [1.82, 2.24) is 23.7 Å². The fourth-order valence-corrected chi connectivity index (χ4v) is 3.41. The highest BCUT2D eigenvalue weighted by atomic mass is 16.5. The maximum Gasteiger partial charge on any atom is 0.333 e. The standard InChI is InChI=1S/C22H22N6O4/c1-32-12-11-26-15-24-20-19(26)21(30)28(14-18(29)25-17-9-5-6-10-23-17)22(31)27(20)13-16-7-3-2-4-8-16/h2-10,15H,11-14H2,1H3,(H,23,25,29). The van der Waals surface area contributed by atoms with Gasteiger partial charge in [0.15, 0.2) is 11.2 Å². The molecular weight excluding hydrogens is 412 g/mol. The number of benzene rings is 1. The SMILES string of the molecule is COCCn1cnc2c1c(=O)n(CC(=O)Nc1ccccn1)c(=O)n2Cc1ccccc1. The summed E-state index contributed by atoms with van der Waals surface area (Å²) in [5.74, 6) is -0.196. The zero-order valence-electron chi connectivity index (χ0n) is 17.5. The van der Waals surface area contributed by atoms with E-state index in [1.165, 1.54) is 17.1 Å². The second-order valence-corrected chi connectivity index (χ2v) is 7.11. The predicted molar refractivity (Wildman–Crippen MR) is 119 cm³/mol. The molecule has 32 heavy (non-hydrogen) atoms. The van der Waals surface area contributed by atoms with Gasteiger partial charge in [0, 0.05) is 19.9 Å². The molecule has 3 heterocycles. The first-order valence-corrected chi connectivity index (χ1v) is 10.0. The number of amides is 1. The number of nitrogens with one attached hydrogen (secondary N) is 1. The van der Waals surface area contributed by atoms with Crippen LogP contribution >= 0.6 is 0 Å². The number of carbonyl (C=O) groups excluding carboxylic acids is 1. The quantitative estimate of drug-likeness (QED) is 0.444. The highest BCUT2D eigenvalue weighted by Gasteiger charge is 2.20. The summed E-state index contributed by atoms with van der Waals surface area (Å²) >= 11 is 0. The molecule has 0 bridgehead atoms. The molecule has 0 aliphatic rings. The average Bonchev–Trinajstić information content (AvgIpc) is 3.23. The first-order chi connectivity index (χ1) is 15.6. The zero-order valence-corrected chi connectivity index (χ0v) is 17.5. The number of aromatic nitrogens is 5. The number of anilines is 1. The summed E-state index contributed by atoms with van der Waals surface area (Å²) in [4.78, 5) is 47.5. The molecule has 164 valence electrons. The Hall–Kier alpha value is -4.05. The van der Waals surface area contributed by atoms with Crippen molar-refractivity contribution in [3.8, 4) is 0 Å². The lowest BCUT2D eigenvalue weighted by atomic mass is 10.2. The molecule has 0 saturated carbocycles. The van der Waals surface area contributed by atoms with Gasteiger partial charge in [-0.05, 0) is 17.7 Å². The van der Waals surface area contributed by atoms with E-state index in [9.17, 15) is 14.4 Å². The van der Waals surface area contributed by atoms with Crippen LogP contribution in [0.15, 0.2) is 70.6 Å². The Morgan fingerprint density at radius 2 is 1.81 bits per heavy atom. The Morgan fingerprint density at radius 3 is 2.53 bits per heavy atom. The number of imidazole rings is 1. The minimum atomic E-state index is -0.612. The van der Waals surface area contributed by atoms with Gasteiger partial charge in [-0.15, -0.1) is 0 Å². The van der Waals surface area contributed by atoms with Gasteiger partial charge in [-0.25, -0.2) is 19.3 Å². The second kappa shape index (κ2) is 9.40. The first-order valence-electron chi connectivity index (χ1n) is 10.0. The summed E-state index contributed by atoms with van der Waals surface area (Å²) in [7, 11) is 1.56. The monoisotopic (exact) mass is 434 g/mol. The Labute approximate surface area is 182 Å². The van der Waals surface area contributed by atoms with Gasteiger partial charge in [-0.1, -0.05) is 36.4 Å². The number of rotatable bonds is 8. The molecule has 0 saturated heterocycles. The van der Waals surface area contributed by atoms with E-state index in [2.05, 4.69) is 15.3 Å². The van der Waals surface area contributed by atoms with Gasteiger partial charge in [-0.2, -0.15) is 0 Å². The van der Waals surface area contributed by atoms with E-state index in [1.807, 2.05) is 30.3 Å². The van der Waals surface area contributed by atoms with E-state index in [1.54, 1.807) is 29.9 Å². The van der Waals surface area contributed by atoms with Crippen LogP contribution < -0.4 is 16.6 Å². The van der Waals surface area contributed by atoms with Gasteiger partial charge in [0.25, 0.3) is 5.56 Å². The number of hydrogen-bond acceptors (Lipinski definition) is 6. The largest absolute Gasteiger partial charge is 0.383 e. The zero-order chi connectivity index (χ0) is 22.5. The van der Waals surface area contributed by atoms with E-state index in [4.69, 9.17) is 4.74 Å². The molecule has 1 aromatic carbocycles. The average molecular weight is 434 g/mol. The highest BCUT2D eigenvalue weighted by molar-refractivity contribution is 5.89. The number of carbonyl (C=O) groups is 1. The van der Waals surface area contributed by atoms with Crippen molar-refractivity contribution >= 4 is 22.9 Å². The summed E-state index contributed by atoms with van der Waals surface area (Å²) in [6.45, 7) is 0.503. The Morgan fingerprint density at radius 1 is 1.03 bits per heavy atom. The van der Waals surface area contributed by atoms with E-state index in [0.29, 0.717) is 19.0 Å². The molecule has 0 fully saturated rings. The maximum absolute atomic E-state index is 13.3. The second-order valence-electron chi connectivity index (χ2n) is 7.11. The van der Waals surface area contributed by atoms with Crippen molar-refractivity contribution in [3.05, 3.63) is 87.5 Å². The van der Waals surface area contributed by atoms with E-state index >= 15 is 0 Å². The third kappa shape index (κ3) is 4.35. The molecular formula is C22H22N6O4. The van der Waals surface area contributed by atoms with Crippen molar-refractivity contribution in [3.63, 3.8) is 0 Å². The molecule has 4 aromatic rings. The number of methoxy groups -OCH3 is 1. The van der Waals surface area contributed by atoms with Crippen LogP contribution in [0.3, 0.4) is 0 Å². The molecule has 0 atom stereocenters. The first kappa shape index (κ1) is 21.2. The topological polar surface area (TPSA) is 113 Å². The maximum atomic E-state index is 13.3. The fourth-order valence-electron chi connectivity index (χ4n) is 3.41. The summed E-state index contributed by atoms with van der Waals surface area (Å²) in [5.41, 5.74) is 0.175. The van der Waals surface area contributed by atoms with Crippen molar-refractivity contribution in [1.29, 1.82) is 0 Å². The van der Waals surface area contributed by atoms with Crippen LogP contribution in [-0.2, 0) is 29.2 Å². The Bertz CT molecular complexity index is 1340. The smallest absolute Gasteiger partial charge is 0.333 e. The van der Waals surface area contributed by atoms with E-state index in [0.717, 1.165) is 10.1 Å². The van der Waals surface area contributed by atoms with Crippen molar-refractivity contribution in [2.24, 2.45) is 0 Å². The summed E-state index contributed by atoms with van der Waals surface area (Å²) < 4.78 is 9.08. The van der Waals surface area contributed by atoms with E-state index in [-0.39, 0.29) is 17.7 Å². The molecule has 4 rings (SSSR count). The minimum Gasteiger partial charge on any atom is -0.383 e. The molecule has 1 N–H and O–H groups in total. The van der Waals surface area contributed by atoms with Gasteiger partial charge in [0.1, 0.15) is 12.4 Å². The van der Waals surface area contributed by atoms with Crippen molar-refractivity contribution < 1.29 is 9.53 Å². The van der Waals surface area contributed by atoms with Crippen LogP contribution in [0.1, 0.15) is 5.56 Å². The lowest BCUT2D eigenvalue weighted by Crippen LogP contribution is -2.43. The Kier molecular flexibility index (Phi) is 6.22. The van der Waals surface area contributed by atoms with E-state index < -0.39 is 23.7 Å². The number of pyridine rings is 1. The lowest BCUT2D eigenvalue weighted by molar-refractivity contribution is -0.116. The number of hydrogen-bond donors (Lipinski definition) is 1. The van der Waals surface area contributed by atoms with Crippen LogP contribution in [0.5, 0.6) is 0 Å². The molecule has 0 aliphatic heterocycles. The van der Waals surface area contributed by atoms with Crippen LogP contribution in [0.25, 0.3) is 11.2 Å². The molecule has 3 aromatic heterocycles. The lowest BCUT2D eigenvalue weighted by Gasteiger charge is -2.13. The number of ether oxygens (including phenoxy) is 1.